The van der Waals surface area contributed by atoms with Gasteiger partial charge in [-0.05, 0) is 66.3 Å². The van der Waals surface area contributed by atoms with Gasteiger partial charge in [0, 0.05) is 35.2 Å². The van der Waals surface area contributed by atoms with E-state index < -0.39 is 0 Å². The molecule has 1 aromatic heterocycles. The highest BCUT2D eigenvalue weighted by Crippen LogP contribution is 2.37. The van der Waals surface area contributed by atoms with Gasteiger partial charge in [0.2, 0.25) is 0 Å². The van der Waals surface area contributed by atoms with E-state index in [1.807, 2.05) is 29.5 Å². The minimum Gasteiger partial charge on any atom is -0.496 e. The fourth-order valence-corrected chi connectivity index (χ4v) is 6.74. The zero-order valence-electron chi connectivity index (χ0n) is 20.2. The van der Waals surface area contributed by atoms with Crippen LogP contribution in [0.5, 0.6) is 5.75 Å². The minimum absolute atomic E-state index is 0.0792. The van der Waals surface area contributed by atoms with Crippen LogP contribution in [0.1, 0.15) is 62.0 Å². The number of hydrogen-bond acceptors (Lipinski definition) is 4. The van der Waals surface area contributed by atoms with Crippen LogP contribution < -0.4 is 4.74 Å². The fourth-order valence-electron chi connectivity index (χ4n) is 5.79. The van der Waals surface area contributed by atoms with Gasteiger partial charge in [-0.1, -0.05) is 61.7 Å². The number of nitrogens with zero attached hydrogens (tertiary/aromatic N) is 1. The highest BCUT2D eigenvalue weighted by molar-refractivity contribution is 7.17. The van der Waals surface area contributed by atoms with Crippen molar-refractivity contribution in [1.82, 2.24) is 4.90 Å². The van der Waals surface area contributed by atoms with Crippen molar-refractivity contribution in [2.45, 2.75) is 50.9 Å². The predicted octanol–water partition coefficient (Wildman–Crippen LogP) is 7.32. The van der Waals surface area contributed by atoms with Crippen LogP contribution in [0, 0.1) is 5.92 Å². The number of methoxy groups -OCH3 is 1. The predicted molar refractivity (Wildman–Crippen MR) is 143 cm³/mol. The van der Waals surface area contributed by atoms with Crippen molar-refractivity contribution < 1.29 is 9.53 Å². The largest absolute Gasteiger partial charge is 0.496 e. The first-order chi connectivity index (χ1) is 16.7. The SMILES string of the molecule is COc1ccccc1C(CCN1CC=C(c2cccc3ccsc23)CC1)C(=O)C1CCCCC1. The molecule has 34 heavy (non-hydrogen) atoms. The first-order valence-electron chi connectivity index (χ1n) is 12.8. The van der Waals surface area contributed by atoms with Crippen molar-refractivity contribution in [2.75, 3.05) is 26.7 Å². The number of carbonyl (C=O) groups is 1. The third-order valence-corrected chi connectivity index (χ3v) is 8.68. The summed E-state index contributed by atoms with van der Waals surface area (Å²) >= 11 is 1.84. The van der Waals surface area contributed by atoms with Crippen LogP contribution in [0.2, 0.25) is 0 Å². The number of Topliss-reactive ketones (excluding diaryl/α,β-unsaturated/α-hetero) is 1. The van der Waals surface area contributed by atoms with Gasteiger partial charge in [-0.2, -0.15) is 0 Å². The molecule has 1 aliphatic heterocycles. The van der Waals surface area contributed by atoms with Gasteiger partial charge < -0.3 is 4.74 Å². The number of hydrogen-bond donors (Lipinski definition) is 0. The first kappa shape index (κ1) is 23.3. The van der Waals surface area contributed by atoms with Gasteiger partial charge in [-0.25, -0.2) is 0 Å². The minimum atomic E-state index is -0.0792. The average Bonchev–Trinajstić information content (AvgIpc) is 3.39. The van der Waals surface area contributed by atoms with Crippen LogP contribution in [-0.2, 0) is 4.79 Å². The molecule has 0 saturated heterocycles. The molecule has 178 valence electrons. The Balaban J connectivity index is 1.30. The molecule has 2 aromatic carbocycles. The summed E-state index contributed by atoms with van der Waals surface area (Å²) < 4.78 is 7.07. The molecule has 5 rings (SSSR count). The highest BCUT2D eigenvalue weighted by Gasteiger charge is 2.31. The Morgan fingerprint density at radius 3 is 2.74 bits per heavy atom. The number of benzene rings is 2. The van der Waals surface area contributed by atoms with Gasteiger partial charge in [0.15, 0.2) is 0 Å². The maximum Gasteiger partial charge on any atom is 0.143 e. The van der Waals surface area contributed by atoms with Crippen LogP contribution in [0.25, 0.3) is 15.7 Å². The smallest absolute Gasteiger partial charge is 0.143 e. The van der Waals surface area contributed by atoms with E-state index in [0.29, 0.717) is 5.78 Å². The third-order valence-electron chi connectivity index (χ3n) is 7.72. The quantitative estimate of drug-likeness (QED) is 0.343. The lowest BCUT2D eigenvalue weighted by molar-refractivity contribution is -0.125. The van der Waals surface area contributed by atoms with E-state index >= 15 is 0 Å². The summed E-state index contributed by atoms with van der Waals surface area (Å²) in [5, 5.41) is 3.53. The van der Waals surface area contributed by atoms with Crippen LogP contribution >= 0.6 is 11.3 Å². The Morgan fingerprint density at radius 2 is 1.94 bits per heavy atom. The second kappa shape index (κ2) is 10.9. The van der Waals surface area contributed by atoms with Crippen molar-refractivity contribution in [3.05, 3.63) is 71.1 Å². The number of carbonyl (C=O) groups excluding carboxylic acids is 1. The second-order valence-electron chi connectivity index (χ2n) is 9.75. The van der Waals surface area contributed by atoms with Crippen molar-refractivity contribution in [3.63, 3.8) is 0 Å². The number of ether oxygens (including phenoxy) is 1. The number of thiophene rings is 1. The van der Waals surface area contributed by atoms with E-state index in [4.69, 9.17) is 4.74 Å². The molecule has 1 aliphatic carbocycles. The van der Waals surface area contributed by atoms with Gasteiger partial charge >= 0.3 is 0 Å². The van der Waals surface area contributed by atoms with E-state index in [9.17, 15) is 4.79 Å². The van der Waals surface area contributed by atoms with Crippen molar-refractivity contribution in [3.8, 4) is 5.75 Å². The number of fused-ring (bicyclic) bond motifs is 1. The molecular weight excluding hydrogens is 438 g/mol. The van der Waals surface area contributed by atoms with Crippen molar-refractivity contribution in [1.29, 1.82) is 0 Å². The topological polar surface area (TPSA) is 29.5 Å². The van der Waals surface area contributed by atoms with E-state index in [-0.39, 0.29) is 11.8 Å². The molecule has 1 fully saturated rings. The maximum absolute atomic E-state index is 13.7. The molecule has 0 radical (unpaired) electrons. The Labute approximate surface area is 207 Å². The number of ketones is 1. The molecule has 0 spiro atoms. The van der Waals surface area contributed by atoms with Crippen LogP contribution in [0.4, 0.5) is 0 Å². The first-order valence-corrected chi connectivity index (χ1v) is 13.7. The Bertz CT molecular complexity index is 1160. The molecule has 3 nitrogen and oxygen atoms in total. The monoisotopic (exact) mass is 473 g/mol. The maximum atomic E-state index is 13.7. The Kier molecular flexibility index (Phi) is 7.46. The van der Waals surface area contributed by atoms with Gasteiger partial charge in [0.05, 0.1) is 7.11 Å². The molecule has 3 aromatic rings. The summed E-state index contributed by atoms with van der Waals surface area (Å²) in [6.45, 7) is 2.94. The molecule has 4 heteroatoms. The average molecular weight is 474 g/mol. The third kappa shape index (κ3) is 4.99. The Morgan fingerprint density at radius 1 is 1.09 bits per heavy atom. The molecule has 0 amide bonds. The molecule has 1 unspecified atom stereocenters. The van der Waals surface area contributed by atoms with Crippen LogP contribution in [-0.4, -0.2) is 37.4 Å². The summed E-state index contributed by atoms with van der Waals surface area (Å²) in [4.78, 5) is 16.2. The van der Waals surface area contributed by atoms with Crippen LogP contribution in [0.3, 0.4) is 0 Å². The summed E-state index contributed by atoms with van der Waals surface area (Å²) in [6, 6.07) is 17.0. The lowest BCUT2D eigenvalue weighted by Crippen LogP contribution is -2.32. The normalized spacial score (nSPS) is 18.6. The number of rotatable bonds is 8. The molecule has 2 aliphatic rings. The summed E-state index contributed by atoms with van der Waals surface area (Å²) in [5.41, 5.74) is 3.92. The zero-order chi connectivity index (χ0) is 23.3. The molecule has 0 N–H and O–H groups in total. The van der Waals surface area contributed by atoms with E-state index in [1.165, 1.54) is 40.5 Å². The van der Waals surface area contributed by atoms with Gasteiger partial charge in [-0.3, -0.25) is 9.69 Å². The fraction of sp³-hybridized carbons (Fsp3) is 0.433. The van der Waals surface area contributed by atoms with Crippen LogP contribution in [0.15, 0.2) is 60.0 Å². The Hall–Kier alpha value is -2.43. The zero-order valence-corrected chi connectivity index (χ0v) is 21.0. The standard InChI is InChI=1S/C30H35NO2S/c1-33-28-13-6-5-11-26(28)27(29(32)23-8-3-2-4-9-23)16-20-31-18-14-22(15-19-31)25-12-7-10-24-17-21-34-30(24)25/h5-7,10-14,17,21,23,27H,2-4,8-9,15-16,18-20H2,1H3. The summed E-state index contributed by atoms with van der Waals surface area (Å²) in [6.07, 6.45) is 10.1. The summed E-state index contributed by atoms with van der Waals surface area (Å²) in [5.74, 6) is 1.41. The summed E-state index contributed by atoms with van der Waals surface area (Å²) in [7, 11) is 1.71. The van der Waals surface area contributed by atoms with Gasteiger partial charge in [0.25, 0.3) is 0 Å². The molecular formula is C30H35NO2S. The van der Waals surface area contributed by atoms with E-state index in [0.717, 1.165) is 56.6 Å². The highest BCUT2D eigenvalue weighted by atomic mass is 32.1. The molecule has 2 heterocycles. The van der Waals surface area contributed by atoms with E-state index in [2.05, 4.69) is 46.7 Å². The molecule has 0 bridgehead atoms. The van der Waals surface area contributed by atoms with E-state index in [1.54, 1.807) is 7.11 Å². The second-order valence-corrected chi connectivity index (χ2v) is 10.7. The number of para-hydroxylation sites is 1. The molecule has 1 saturated carbocycles. The molecule has 1 atom stereocenters. The van der Waals surface area contributed by atoms with Gasteiger partial charge in [0.1, 0.15) is 11.5 Å². The van der Waals surface area contributed by atoms with Gasteiger partial charge in [-0.15, -0.1) is 11.3 Å². The van der Waals surface area contributed by atoms with Crippen molar-refractivity contribution in [2.24, 2.45) is 5.92 Å². The lowest BCUT2D eigenvalue weighted by Gasteiger charge is -2.30. The lowest BCUT2D eigenvalue weighted by atomic mass is 9.78. The van der Waals surface area contributed by atoms with Crippen molar-refractivity contribution >= 4 is 32.8 Å².